The van der Waals surface area contributed by atoms with Gasteiger partial charge in [-0.2, -0.15) is 0 Å². The van der Waals surface area contributed by atoms with Gasteiger partial charge in [0, 0.05) is 0 Å². The minimum absolute atomic E-state index is 0.0476. The van der Waals surface area contributed by atoms with Crippen LogP contribution in [-0.2, 0) is 16.1 Å². The third-order valence-electron chi connectivity index (χ3n) is 5.49. The first-order chi connectivity index (χ1) is 18.0. The number of thioether (sulfide) groups is 1. The highest BCUT2D eigenvalue weighted by Gasteiger charge is 2.25. The molecule has 1 aliphatic rings. The number of imide groups is 1. The van der Waals surface area contributed by atoms with E-state index < -0.39 is 18.1 Å². The van der Waals surface area contributed by atoms with Crippen molar-refractivity contribution >= 4 is 35.1 Å². The summed E-state index contributed by atoms with van der Waals surface area (Å²) in [5, 5.41) is 12.5. The Hall–Kier alpha value is -4.08. The van der Waals surface area contributed by atoms with E-state index in [0.29, 0.717) is 16.2 Å². The fourth-order valence-electron chi connectivity index (χ4n) is 3.56. The minimum Gasteiger partial charge on any atom is -0.492 e. The van der Waals surface area contributed by atoms with Crippen molar-refractivity contribution < 1.29 is 29.0 Å². The average Bonchev–Trinajstić information content (AvgIpc) is 3.24. The molecule has 0 saturated carbocycles. The lowest BCUT2D eigenvalue weighted by Crippen LogP contribution is -2.38. The molecule has 1 aliphatic heterocycles. The second-order valence-corrected chi connectivity index (χ2v) is 9.20. The molecule has 1 unspecified atom stereocenters. The molecule has 3 aromatic rings. The van der Waals surface area contributed by atoms with E-state index in [0.717, 1.165) is 22.9 Å². The minimum atomic E-state index is -0.879. The standard InChI is InChI=1S/C28H26N2O6S/c31-24(22-9-5-2-6-10-22)18-30(28(34)36-19-21-7-3-1-4-8-21)15-16-35-23-13-11-20(12-14-23)17-25-26(32)29-27(33)37-25/h1-14,17,24,31H,15-16,18-19H2,(H,29,32,33). The first kappa shape index (κ1) is 26.0. The molecule has 3 amide bonds. The fourth-order valence-corrected chi connectivity index (χ4v) is 4.25. The van der Waals surface area contributed by atoms with Gasteiger partial charge < -0.3 is 19.5 Å². The number of benzene rings is 3. The Morgan fingerprint density at radius 3 is 2.30 bits per heavy atom. The van der Waals surface area contributed by atoms with Gasteiger partial charge in [0.15, 0.2) is 0 Å². The summed E-state index contributed by atoms with van der Waals surface area (Å²) in [6.07, 6.45) is 0.200. The Morgan fingerprint density at radius 2 is 1.65 bits per heavy atom. The Morgan fingerprint density at radius 1 is 0.973 bits per heavy atom. The molecule has 2 N–H and O–H groups in total. The van der Waals surface area contributed by atoms with Gasteiger partial charge >= 0.3 is 6.09 Å². The number of carbonyl (C=O) groups is 3. The lowest BCUT2D eigenvalue weighted by Gasteiger charge is -2.25. The molecule has 9 heteroatoms. The van der Waals surface area contributed by atoms with Crippen molar-refractivity contribution in [2.75, 3.05) is 19.7 Å². The van der Waals surface area contributed by atoms with E-state index in [9.17, 15) is 19.5 Å². The molecule has 8 nitrogen and oxygen atoms in total. The van der Waals surface area contributed by atoms with Crippen molar-refractivity contribution in [1.82, 2.24) is 10.2 Å². The van der Waals surface area contributed by atoms with Gasteiger partial charge in [-0.25, -0.2) is 4.79 Å². The second-order valence-electron chi connectivity index (χ2n) is 8.18. The number of amides is 3. The molecule has 1 saturated heterocycles. The number of nitrogens with zero attached hydrogens (tertiary/aromatic N) is 1. The summed E-state index contributed by atoms with van der Waals surface area (Å²) in [5.74, 6) is 0.162. The van der Waals surface area contributed by atoms with Crippen LogP contribution in [0.1, 0.15) is 22.8 Å². The van der Waals surface area contributed by atoms with Gasteiger partial charge in [-0.3, -0.25) is 14.9 Å². The summed E-state index contributed by atoms with van der Waals surface area (Å²) in [6.45, 7) is 0.542. The Kier molecular flexibility index (Phi) is 8.96. The largest absolute Gasteiger partial charge is 0.492 e. The highest BCUT2D eigenvalue weighted by molar-refractivity contribution is 8.18. The Labute approximate surface area is 218 Å². The molecule has 3 aromatic carbocycles. The maximum atomic E-state index is 12.9. The summed E-state index contributed by atoms with van der Waals surface area (Å²) < 4.78 is 11.3. The van der Waals surface area contributed by atoms with Gasteiger partial charge in [0.1, 0.15) is 19.0 Å². The van der Waals surface area contributed by atoms with E-state index in [2.05, 4.69) is 5.32 Å². The second kappa shape index (κ2) is 12.8. The number of carbonyl (C=O) groups excluding carboxylic acids is 3. The zero-order valence-electron chi connectivity index (χ0n) is 19.9. The van der Waals surface area contributed by atoms with Crippen molar-refractivity contribution in [3.63, 3.8) is 0 Å². The summed E-state index contributed by atoms with van der Waals surface area (Å²) >= 11 is 0.859. The average molecular weight is 519 g/mol. The SMILES string of the molecule is O=C1NC(=O)C(=Cc2ccc(OCCN(CC(O)c3ccccc3)C(=O)OCc3ccccc3)cc2)S1. The summed E-state index contributed by atoms with van der Waals surface area (Å²) in [7, 11) is 0. The predicted molar refractivity (Wildman–Crippen MR) is 141 cm³/mol. The van der Waals surface area contributed by atoms with E-state index in [-0.39, 0.29) is 31.5 Å². The molecular weight excluding hydrogens is 492 g/mol. The fraction of sp³-hybridized carbons (Fsp3) is 0.179. The molecule has 0 aliphatic carbocycles. The molecule has 0 spiro atoms. The first-order valence-corrected chi connectivity index (χ1v) is 12.5. The lowest BCUT2D eigenvalue weighted by molar-refractivity contribution is -0.115. The number of nitrogens with one attached hydrogen (secondary N) is 1. The number of hydrogen-bond donors (Lipinski definition) is 2. The van der Waals surface area contributed by atoms with E-state index in [1.54, 1.807) is 42.5 Å². The predicted octanol–water partition coefficient (Wildman–Crippen LogP) is 4.76. The summed E-state index contributed by atoms with van der Waals surface area (Å²) in [5.41, 5.74) is 2.31. The maximum Gasteiger partial charge on any atom is 0.410 e. The quantitative estimate of drug-likeness (QED) is 0.373. The van der Waals surface area contributed by atoms with Crippen LogP contribution >= 0.6 is 11.8 Å². The highest BCUT2D eigenvalue weighted by atomic mass is 32.2. The van der Waals surface area contributed by atoms with E-state index in [1.807, 2.05) is 48.5 Å². The summed E-state index contributed by atoms with van der Waals surface area (Å²) in [6, 6.07) is 25.5. The number of rotatable bonds is 10. The first-order valence-electron chi connectivity index (χ1n) is 11.6. The van der Waals surface area contributed by atoms with Crippen molar-refractivity contribution in [3.8, 4) is 5.75 Å². The van der Waals surface area contributed by atoms with Gasteiger partial charge in [-0.1, -0.05) is 72.8 Å². The third kappa shape index (κ3) is 7.70. The van der Waals surface area contributed by atoms with Gasteiger partial charge in [0.25, 0.3) is 11.1 Å². The number of aliphatic hydroxyl groups excluding tert-OH is 1. The van der Waals surface area contributed by atoms with Crippen LogP contribution < -0.4 is 10.1 Å². The topological polar surface area (TPSA) is 105 Å². The van der Waals surface area contributed by atoms with Crippen molar-refractivity contribution in [2.45, 2.75) is 12.7 Å². The van der Waals surface area contributed by atoms with Gasteiger partial charge in [-0.15, -0.1) is 0 Å². The van der Waals surface area contributed by atoms with E-state index in [4.69, 9.17) is 9.47 Å². The van der Waals surface area contributed by atoms with Crippen LogP contribution in [0.4, 0.5) is 9.59 Å². The third-order valence-corrected chi connectivity index (χ3v) is 6.30. The summed E-state index contributed by atoms with van der Waals surface area (Å²) in [4.78, 5) is 37.6. The van der Waals surface area contributed by atoms with Crippen molar-refractivity contribution in [3.05, 3.63) is 107 Å². The molecule has 1 heterocycles. The van der Waals surface area contributed by atoms with Crippen LogP contribution in [-0.4, -0.2) is 46.9 Å². The Balaban J connectivity index is 1.35. The molecule has 0 aromatic heterocycles. The lowest BCUT2D eigenvalue weighted by atomic mass is 10.1. The zero-order valence-corrected chi connectivity index (χ0v) is 20.7. The van der Waals surface area contributed by atoms with Crippen LogP contribution in [0.15, 0.2) is 89.8 Å². The highest BCUT2D eigenvalue weighted by Crippen LogP contribution is 2.26. The maximum absolute atomic E-state index is 12.9. The Bertz CT molecular complexity index is 1250. The van der Waals surface area contributed by atoms with Crippen LogP contribution in [0, 0.1) is 0 Å². The molecule has 0 radical (unpaired) electrons. The van der Waals surface area contributed by atoms with Crippen molar-refractivity contribution in [1.29, 1.82) is 0 Å². The van der Waals surface area contributed by atoms with E-state index >= 15 is 0 Å². The smallest absolute Gasteiger partial charge is 0.410 e. The normalized spacial score (nSPS) is 14.8. The number of hydrogen-bond acceptors (Lipinski definition) is 7. The van der Waals surface area contributed by atoms with Crippen LogP contribution in [0.3, 0.4) is 0 Å². The molecule has 4 rings (SSSR count). The van der Waals surface area contributed by atoms with E-state index in [1.165, 1.54) is 4.90 Å². The van der Waals surface area contributed by atoms with Crippen LogP contribution in [0.2, 0.25) is 0 Å². The monoisotopic (exact) mass is 518 g/mol. The van der Waals surface area contributed by atoms with Gasteiger partial charge in [0.05, 0.1) is 24.1 Å². The molecule has 37 heavy (non-hydrogen) atoms. The molecular formula is C28H26N2O6S. The van der Waals surface area contributed by atoms with Crippen LogP contribution in [0.5, 0.6) is 5.75 Å². The van der Waals surface area contributed by atoms with Gasteiger partial charge in [0.2, 0.25) is 0 Å². The number of ether oxygens (including phenoxy) is 2. The molecule has 1 atom stereocenters. The van der Waals surface area contributed by atoms with Gasteiger partial charge in [-0.05, 0) is 46.7 Å². The molecule has 190 valence electrons. The number of aliphatic hydroxyl groups is 1. The zero-order chi connectivity index (χ0) is 26.0. The molecule has 1 fully saturated rings. The van der Waals surface area contributed by atoms with Crippen molar-refractivity contribution in [2.24, 2.45) is 0 Å². The molecule has 0 bridgehead atoms. The van der Waals surface area contributed by atoms with Crippen LogP contribution in [0.25, 0.3) is 6.08 Å².